The van der Waals surface area contributed by atoms with Crippen molar-refractivity contribution in [3.05, 3.63) is 29.8 Å². The smallest absolute Gasteiger partial charge is 0.242 e. The molecule has 0 radical (unpaired) electrons. The number of ether oxygens (including phenoxy) is 1. The summed E-state index contributed by atoms with van der Waals surface area (Å²) < 4.78 is 5.50. The second kappa shape index (κ2) is 5.61. The monoisotopic (exact) mass is 260 g/mol. The molecule has 4 heteroatoms. The Hall–Kier alpha value is -1.55. The van der Waals surface area contributed by atoms with Crippen LogP contribution in [0.25, 0.3) is 0 Å². The highest BCUT2D eigenvalue weighted by atomic mass is 16.5. The maximum Gasteiger partial charge on any atom is 0.242 e. The molecule has 0 saturated heterocycles. The van der Waals surface area contributed by atoms with Gasteiger partial charge >= 0.3 is 0 Å². The van der Waals surface area contributed by atoms with Crippen molar-refractivity contribution < 1.29 is 9.53 Å². The van der Waals surface area contributed by atoms with E-state index in [1.807, 2.05) is 18.2 Å². The molecule has 0 bridgehead atoms. The zero-order valence-corrected chi connectivity index (χ0v) is 11.0. The summed E-state index contributed by atoms with van der Waals surface area (Å²) in [5.41, 5.74) is 2.29. The number of rotatable bonds is 6. The Kier molecular flexibility index (Phi) is 3.69. The van der Waals surface area contributed by atoms with Crippen LogP contribution in [0.1, 0.15) is 18.4 Å². The summed E-state index contributed by atoms with van der Waals surface area (Å²) in [6, 6.07) is 7.93. The highest BCUT2D eigenvalue weighted by Crippen LogP contribution is 2.28. The third-order valence-electron chi connectivity index (χ3n) is 3.68. The highest BCUT2D eigenvalue weighted by Gasteiger charge is 2.26. The van der Waals surface area contributed by atoms with E-state index in [0.717, 1.165) is 24.6 Å². The quantitative estimate of drug-likeness (QED) is 0.763. The zero-order valence-electron chi connectivity index (χ0n) is 11.0. The molecule has 1 aliphatic heterocycles. The summed E-state index contributed by atoms with van der Waals surface area (Å²) >= 11 is 0. The summed E-state index contributed by atoms with van der Waals surface area (Å²) in [5, 5.41) is 6.18. The molecule has 0 unspecified atom stereocenters. The second-order valence-corrected chi connectivity index (χ2v) is 5.37. The van der Waals surface area contributed by atoms with E-state index < -0.39 is 0 Å². The molecule has 2 N–H and O–H groups in total. The van der Waals surface area contributed by atoms with Gasteiger partial charge in [-0.25, -0.2) is 0 Å². The second-order valence-electron chi connectivity index (χ2n) is 5.37. The molecule has 1 saturated carbocycles. The summed E-state index contributed by atoms with van der Waals surface area (Å²) in [7, 11) is 0. The lowest BCUT2D eigenvalue weighted by Crippen LogP contribution is -2.39. The van der Waals surface area contributed by atoms with Crippen molar-refractivity contribution in [3.8, 4) is 0 Å². The van der Waals surface area contributed by atoms with Gasteiger partial charge in [0.05, 0.1) is 6.61 Å². The van der Waals surface area contributed by atoms with Gasteiger partial charge in [-0.05, 0) is 30.4 Å². The predicted molar refractivity (Wildman–Crippen MR) is 74.1 cm³/mol. The Morgan fingerprint density at radius 2 is 2.21 bits per heavy atom. The van der Waals surface area contributed by atoms with Crippen LogP contribution in [-0.4, -0.2) is 31.7 Å². The Labute approximate surface area is 113 Å². The first-order valence-electron chi connectivity index (χ1n) is 7.03. The van der Waals surface area contributed by atoms with Gasteiger partial charge in [0, 0.05) is 25.3 Å². The molecular formula is C15H20N2O2. The van der Waals surface area contributed by atoms with Gasteiger partial charge in [0.1, 0.15) is 6.04 Å². The summed E-state index contributed by atoms with van der Waals surface area (Å²) in [5.74, 6) is 0.841. The van der Waals surface area contributed by atoms with Gasteiger partial charge in [0.15, 0.2) is 0 Å². The molecule has 4 nitrogen and oxygen atoms in total. The molecule has 1 amide bonds. The number of anilines is 1. The number of hydrogen-bond acceptors (Lipinski definition) is 3. The molecule has 0 spiro atoms. The summed E-state index contributed by atoms with van der Waals surface area (Å²) in [6.45, 7) is 2.06. The number of hydrogen-bond donors (Lipinski definition) is 2. The maximum absolute atomic E-state index is 12.0. The van der Waals surface area contributed by atoms with Crippen LogP contribution in [0, 0.1) is 5.92 Å². The first kappa shape index (κ1) is 12.5. The Balaban J connectivity index is 1.37. The zero-order chi connectivity index (χ0) is 13.1. The minimum atomic E-state index is -0.138. The number of carbonyl (C=O) groups excluding carboxylic acids is 1. The third-order valence-corrected chi connectivity index (χ3v) is 3.68. The minimum absolute atomic E-state index is 0.0613. The van der Waals surface area contributed by atoms with Gasteiger partial charge in [-0.1, -0.05) is 18.2 Å². The van der Waals surface area contributed by atoms with Crippen LogP contribution < -0.4 is 10.6 Å². The fourth-order valence-electron chi connectivity index (χ4n) is 2.36. The SMILES string of the molecule is O=C(NCCOCC1CC1)[C@@H]1Cc2ccccc2N1. The van der Waals surface area contributed by atoms with Gasteiger partial charge in [-0.2, -0.15) is 0 Å². The number of fused-ring (bicyclic) bond motifs is 1. The molecule has 1 atom stereocenters. The van der Waals surface area contributed by atoms with E-state index in [9.17, 15) is 4.79 Å². The molecule has 1 aromatic rings. The average molecular weight is 260 g/mol. The number of amides is 1. The van der Waals surface area contributed by atoms with Gasteiger partial charge in [0.25, 0.3) is 0 Å². The third kappa shape index (κ3) is 3.26. The number of para-hydroxylation sites is 1. The highest BCUT2D eigenvalue weighted by molar-refractivity contribution is 5.87. The fraction of sp³-hybridized carbons (Fsp3) is 0.533. The van der Waals surface area contributed by atoms with Crippen molar-refractivity contribution in [3.63, 3.8) is 0 Å². The van der Waals surface area contributed by atoms with Crippen LogP contribution >= 0.6 is 0 Å². The topological polar surface area (TPSA) is 50.4 Å². The normalized spacial score (nSPS) is 20.7. The summed E-state index contributed by atoms with van der Waals surface area (Å²) in [4.78, 5) is 12.0. The molecule has 1 aromatic carbocycles. The standard InChI is InChI=1S/C15H20N2O2/c18-15(16-7-8-19-10-11-5-6-11)14-9-12-3-1-2-4-13(12)17-14/h1-4,11,14,17H,5-10H2,(H,16,18)/t14-/m0/s1. The molecule has 1 fully saturated rings. The largest absolute Gasteiger partial charge is 0.379 e. The van der Waals surface area contributed by atoms with E-state index in [1.165, 1.54) is 18.4 Å². The molecule has 19 heavy (non-hydrogen) atoms. The maximum atomic E-state index is 12.0. The number of carbonyl (C=O) groups is 1. The van der Waals surface area contributed by atoms with Crippen LogP contribution in [0.15, 0.2) is 24.3 Å². The van der Waals surface area contributed by atoms with Crippen LogP contribution in [-0.2, 0) is 16.0 Å². The van der Waals surface area contributed by atoms with E-state index in [2.05, 4.69) is 16.7 Å². The molecule has 1 heterocycles. The van der Waals surface area contributed by atoms with E-state index in [0.29, 0.717) is 13.2 Å². The molecule has 3 rings (SSSR count). The predicted octanol–water partition coefficient (Wildman–Crippen LogP) is 1.57. The molecule has 102 valence electrons. The van der Waals surface area contributed by atoms with Crippen molar-refractivity contribution >= 4 is 11.6 Å². The van der Waals surface area contributed by atoms with Gasteiger partial charge in [-0.15, -0.1) is 0 Å². The average Bonchev–Trinajstić information content (AvgIpc) is 3.14. The fourth-order valence-corrected chi connectivity index (χ4v) is 2.36. The molecular weight excluding hydrogens is 240 g/mol. The molecule has 1 aliphatic carbocycles. The number of nitrogens with one attached hydrogen (secondary N) is 2. The lowest BCUT2D eigenvalue weighted by atomic mass is 10.1. The van der Waals surface area contributed by atoms with Gasteiger partial charge in [-0.3, -0.25) is 4.79 Å². The van der Waals surface area contributed by atoms with Crippen LogP contribution in [0.4, 0.5) is 5.69 Å². The minimum Gasteiger partial charge on any atom is -0.379 e. The van der Waals surface area contributed by atoms with E-state index in [4.69, 9.17) is 4.74 Å². The van der Waals surface area contributed by atoms with E-state index in [-0.39, 0.29) is 11.9 Å². The van der Waals surface area contributed by atoms with Crippen molar-refractivity contribution in [2.24, 2.45) is 5.92 Å². The molecule has 2 aliphatic rings. The van der Waals surface area contributed by atoms with Crippen molar-refractivity contribution in [1.82, 2.24) is 5.32 Å². The van der Waals surface area contributed by atoms with Gasteiger partial charge < -0.3 is 15.4 Å². The molecule has 0 aromatic heterocycles. The van der Waals surface area contributed by atoms with Crippen LogP contribution in [0.3, 0.4) is 0 Å². The summed E-state index contributed by atoms with van der Waals surface area (Å²) in [6.07, 6.45) is 3.37. The Morgan fingerprint density at radius 3 is 3.00 bits per heavy atom. The van der Waals surface area contributed by atoms with E-state index >= 15 is 0 Å². The number of benzene rings is 1. The Bertz CT molecular complexity index is 432. The van der Waals surface area contributed by atoms with E-state index in [1.54, 1.807) is 0 Å². The lowest BCUT2D eigenvalue weighted by Gasteiger charge is -2.12. The van der Waals surface area contributed by atoms with Crippen molar-refractivity contribution in [2.75, 3.05) is 25.1 Å². The lowest BCUT2D eigenvalue weighted by molar-refractivity contribution is -0.121. The van der Waals surface area contributed by atoms with Crippen molar-refractivity contribution in [2.45, 2.75) is 25.3 Å². The van der Waals surface area contributed by atoms with Crippen LogP contribution in [0.5, 0.6) is 0 Å². The Morgan fingerprint density at radius 1 is 1.37 bits per heavy atom. The first-order valence-corrected chi connectivity index (χ1v) is 7.03. The van der Waals surface area contributed by atoms with Crippen LogP contribution in [0.2, 0.25) is 0 Å². The first-order chi connectivity index (χ1) is 9.33. The van der Waals surface area contributed by atoms with Gasteiger partial charge in [0.2, 0.25) is 5.91 Å². The van der Waals surface area contributed by atoms with Crippen molar-refractivity contribution in [1.29, 1.82) is 0 Å².